The van der Waals surface area contributed by atoms with E-state index >= 15 is 0 Å². The Bertz CT molecular complexity index is 425. The average Bonchev–Trinajstić information content (AvgIpc) is 2.47. The van der Waals surface area contributed by atoms with Crippen molar-refractivity contribution in [2.45, 2.75) is 45.4 Å². The van der Waals surface area contributed by atoms with E-state index in [9.17, 15) is 4.79 Å². The van der Waals surface area contributed by atoms with E-state index in [4.69, 9.17) is 4.74 Å². The highest BCUT2D eigenvalue weighted by Crippen LogP contribution is 2.32. The quantitative estimate of drug-likeness (QED) is 0.799. The van der Waals surface area contributed by atoms with Gasteiger partial charge in [0, 0.05) is 17.9 Å². The van der Waals surface area contributed by atoms with Crippen molar-refractivity contribution in [1.82, 2.24) is 0 Å². The van der Waals surface area contributed by atoms with Gasteiger partial charge in [0.2, 0.25) is 0 Å². The smallest absolute Gasteiger partial charge is 0.140 e. The molecule has 0 heterocycles. The molecule has 2 nitrogen and oxygen atoms in total. The Labute approximate surface area is 116 Å². The van der Waals surface area contributed by atoms with Crippen LogP contribution in [0.25, 0.3) is 0 Å². The number of para-hydroxylation sites is 1. The van der Waals surface area contributed by atoms with Crippen LogP contribution < -0.4 is 4.74 Å². The largest absolute Gasteiger partial charge is 0.496 e. The molecule has 1 aromatic carbocycles. The highest BCUT2D eigenvalue weighted by atomic mass is 16.5. The second-order valence-electron chi connectivity index (χ2n) is 5.59. The number of hydrogen-bond donors (Lipinski definition) is 0. The minimum atomic E-state index is 0.267. The Kier molecular flexibility index (Phi) is 5.00. The number of Topliss-reactive ketones (excluding diaryl/α,β-unsaturated/α-hetero) is 1. The van der Waals surface area contributed by atoms with Gasteiger partial charge < -0.3 is 4.74 Å². The Hall–Kier alpha value is -1.31. The van der Waals surface area contributed by atoms with Crippen LogP contribution in [-0.2, 0) is 11.2 Å². The average molecular weight is 260 g/mol. The van der Waals surface area contributed by atoms with Gasteiger partial charge in [0.1, 0.15) is 11.5 Å². The molecule has 2 rings (SSSR count). The lowest BCUT2D eigenvalue weighted by molar-refractivity contribution is -0.123. The number of carbonyl (C=O) groups is 1. The Morgan fingerprint density at radius 1 is 1.32 bits per heavy atom. The van der Waals surface area contributed by atoms with Crippen molar-refractivity contribution in [3.8, 4) is 5.75 Å². The van der Waals surface area contributed by atoms with Gasteiger partial charge in [-0.2, -0.15) is 0 Å². The molecule has 0 aromatic heterocycles. The molecule has 1 saturated carbocycles. The number of ether oxygens (including phenoxy) is 1. The lowest BCUT2D eigenvalue weighted by Crippen LogP contribution is -2.24. The third-order valence-electron chi connectivity index (χ3n) is 4.37. The van der Waals surface area contributed by atoms with E-state index in [-0.39, 0.29) is 5.92 Å². The monoisotopic (exact) mass is 260 g/mol. The predicted molar refractivity (Wildman–Crippen MR) is 77.4 cm³/mol. The molecule has 19 heavy (non-hydrogen) atoms. The minimum Gasteiger partial charge on any atom is -0.496 e. The topological polar surface area (TPSA) is 26.3 Å². The van der Waals surface area contributed by atoms with Gasteiger partial charge in [-0.1, -0.05) is 44.4 Å². The molecule has 1 aromatic rings. The van der Waals surface area contributed by atoms with Crippen LogP contribution in [0, 0.1) is 11.8 Å². The lowest BCUT2D eigenvalue weighted by atomic mass is 9.77. The van der Waals surface area contributed by atoms with Crippen LogP contribution in [0.1, 0.15) is 44.6 Å². The van der Waals surface area contributed by atoms with Gasteiger partial charge >= 0.3 is 0 Å². The summed E-state index contributed by atoms with van der Waals surface area (Å²) < 4.78 is 5.32. The van der Waals surface area contributed by atoms with E-state index in [2.05, 4.69) is 6.92 Å². The molecule has 0 spiro atoms. The maximum atomic E-state index is 12.4. The molecule has 104 valence electrons. The zero-order chi connectivity index (χ0) is 13.7. The van der Waals surface area contributed by atoms with Crippen LogP contribution in [0.3, 0.4) is 0 Å². The van der Waals surface area contributed by atoms with Crippen molar-refractivity contribution in [3.63, 3.8) is 0 Å². The van der Waals surface area contributed by atoms with Gasteiger partial charge in [0.05, 0.1) is 7.11 Å². The van der Waals surface area contributed by atoms with Crippen LogP contribution in [-0.4, -0.2) is 12.9 Å². The van der Waals surface area contributed by atoms with E-state index in [1.54, 1.807) is 7.11 Å². The Morgan fingerprint density at radius 3 is 2.84 bits per heavy atom. The second-order valence-corrected chi connectivity index (χ2v) is 5.59. The molecule has 1 fully saturated rings. The molecule has 0 amide bonds. The fourth-order valence-corrected chi connectivity index (χ4v) is 3.14. The van der Waals surface area contributed by atoms with Crippen molar-refractivity contribution < 1.29 is 9.53 Å². The molecule has 2 unspecified atom stereocenters. The van der Waals surface area contributed by atoms with Gasteiger partial charge in [0.15, 0.2) is 0 Å². The zero-order valence-corrected chi connectivity index (χ0v) is 12.0. The summed E-state index contributed by atoms with van der Waals surface area (Å²) in [4.78, 5) is 12.4. The molecule has 1 aliphatic carbocycles. The lowest BCUT2D eigenvalue weighted by Gasteiger charge is -2.27. The van der Waals surface area contributed by atoms with Crippen LogP contribution in [0.5, 0.6) is 5.75 Å². The molecular formula is C17H24O2. The van der Waals surface area contributed by atoms with E-state index < -0.39 is 0 Å². The molecule has 0 aliphatic heterocycles. The van der Waals surface area contributed by atoms with Crippen LogP contribution in [0.2, 0.25) is 0 Å². The fraction of sp³-hybridized carbons (Fsp3) is 0.588. The van der Waals surface area contributed by atoms with Crippen molar-refractivity contribution in [1.29, 1.82) is 0 Å². The summed E-state index contributed by atoms with van der Waals surface area (Å²) in [7, 11) is 1.66. The molecule has 0 radical (unpaired) electrons. The Balaban J connectivity index is 2.00. The summed E-state index contributed by atoms with van der Waals surface area (Å²) in [5, 5.41) is 0. The van der Waals surface area contributed by atoms with Crippen molar-refractivity contribution in [2.75, 3.05) is 7.11 Å². The summed E-state index contributed by atoms with van der Waals surface area (Å²) in [6.45, 7) is 2.23. The number of ketones is 1. The molecule has 2 atom stereocenters. The first-order valence-electron chi connectivity index (χ1n) is 7.39. The van der Waals surface area contributed by atoms with Gasteiger partial charge in [-0.15, -0.1) is 0 Å². The van der Waals surface area contributed by atoms with Crippen LogP contribution in [0.4, 0.5) is 0 Å². The molecule has 0 bridgehead atoms. The molecule has 0 saturated heterocycles. The van der Waals surface area contributed by atoms with E-state index in [0.717, 1.165) is 30.1 Å². The summed E-state index contributed by atoms with van der Waals surface area (Å²) >= 11 is 0. The minimum absolute atomic E-state index is 0.267. The maximum absolute atomic E-state index is 12.4. The maximum Gasteiger partial charge on any atom is 0.140 e. The standard InChI is InChI=1S/C17H24O2/c1-3-13-7-6-9-14(11-13)16(18)12-15-8-4-5-10-17(15)19-2/h4-5,8,10,13-14H,3,6-7,9,11-12H2,1-2H3. The summed E-state index contributed by atoms with van der Waals surface area (Å²) in [6.07, 6.45) is 6.40. The van der Waals surface area contributed by atoms with E-state index in [1.807, 2.05) is 24.3 Å². The van der Waals surface area contributed by atoms with Gasteiger partial charge in [-0.3, -0.25) is 4.79 Å². The third kappa shape index (κ3) is 3.59. The van der Waals surface area contributed by atoms with E-state index in [0.29, 0.717) is 12.2 Å². The summed E-state index contributed by atoms with van der Waals surface area (Å²) in [6, 6.07) is 7.84. The normalized spacial score (nSPS) is 23.1. The summed E-state index contributed by atoms with van der Waals surface area (Å²) in [5.74, 6) is 2.24. The molecule has 2 heteroatoms. The number of hydrogen-bond acceptors (Lipinski definition) is 2. The molecule has 1 aliphatic rings. The third-order valence-corrected chi connectivity index (χ3v) is 4.37. The van der Waals surface area contributed by atoms with Gasteiger partial charge in [-0.25, -0.2) is 0 Å². The van der Waals surface area contributed by atoms with Crippen molar-refractivity contribution >= 4 is 5.78 Å². The predicted octanol–water partition coefficient (Wildman–Crippen LogP) is 4.02. The fourth-order valence-electron chi connectivity index (χ4n) is 3.14. The first-order valence-corrected chi connectivity index (χ1v) is 7.39. The SMILES string of the molecule is CCC1CCCC(C(=O)Cc2ccccc2OC)C1. The van der Waals surface area contributed by atoms with Crippen LogP contribution in [0.15, 0.2) is 24.3 Å². The molecular weight excluding hydrogens is 236 g/mol. The highest BCUT2D eigenvalue weighted by Gasteiger charge is 2.26. The van der Waals surface area contributed by atoms with Gasteiger partial charge in [0.25, 0.3) is 0 Å². The van der Waals surface area contributed by atoms with Crippen molar-refractivity contribution in [2.24, 2.45) is 11.8 Å². The number of rotatable bonds is 5. The Morgan fingerprint density at radius 2 is 2.11 bits per heavy atom. The molecule has 0 N–H and O–H groups in total. The first-order chi connectivity index (χ1) is 9.24. The van der Waals surface area contributed by atoms with Crippen molar-refractivity contribution in [3.05, 3.63) is 29.8 Å². The summed E-state index contributed by atoms with van der Waals surface area (Å²) in [5.41, 5.74) is 1.02. The number of benzene rings is 1. The second kappa shape index (κ2) is 6.74. The number of carbonyl (C=O) groups excluding carboxylic acids is 1. The van der Waals surface area contributed by atoms with Crippen LogP contribution >= 0.6 is 0 Å². The highest BCUT2D eigenvalue weighted by molar-refractivity contribution is 5.84. The zero-order valence-electron chi connectivity index (χ0n) is 12.0. The number of methoxy groups -OCH3 is 1. The first kappa shape index (κ1) is 14.1. The van der Waals surface area contributed by atoms with Gasteiger partial charge in [-0.05, 0) is 24.8 Å². The van der Waals surface area contributed by atoms with E-state index in [1.165, 1.54) is 19.3 Å².